The number of piperidine rings is 2. The van der Waals surface area contributed by atoms with Crippen LogP contribution >= 0.6 is 0 Å². The summed E-state index contributed by atoms with van der Waals surface area (Å²) < 4.78 is 71.4. The molecule has 196 valence electrons. The molecule has 1 spiro atoms. The van der Waals surface area contributed by atoms with Gasteiger partial charge in [-0.05, 0) is 44.9 Å². The van der Waals surface area contributed by atoms with Crippen LogP contribution in [0.1, 0.15) is 75.9 Å². The lowest BCUT2D eigenvalue weighted by Crippen LogP contribution is -2.62. The number of hydrogen-bond acceptors (Lipinski definition) is 5. The summed E-state index contributed by atoms with van der Waals surface area (Å²) in [5.41, 5.74) is -2.62. The molecule has 5 rings (SSSR count). The van der Waals surface area contributed by atoms with Gasteiger partial charge in [0, 0.05) is 44.1 Å². The average Bonchev–Trinajstić information content (AvgIpc) is 3.27. The first kappa shape index (κ1) is 24.9. The van der Waals surface area contributed by atoms with E-state index in [0.717, 1.165) is 19.3 Å². The second-order valence-electron chi connectivity index (χ2n) is 11.0. The summed E-state index contributed by atoms with van der Waals surface area (Å²) in [5, 5.41) is 21.5. The molecule has 0 radical (unpaired) electrons. The zero-order valence-corrected chi connectivity index (χ0v) is 19.5. The third-order valence-corrected chi connectivity index (χ3v) is 9.05. The van der Waals surface area contributed by atoms with Gasteiger partial charge in [0.1, 0.15) is 5.41 Å². The maximum absolute atomic E-state index is 14.4. The van der Waals surface area contributed by atoms with E-state index in [-0.39, 0.29) is 75.1 Å². The summed E-state index contributed by atoms with van der Waals surface area (Å²) in [7, 11) is 0. The molecule has 4 aliphatic rings. The van der Waals surface area contributed by atoms with E-state index in [4.69, 9.17) is 0 Å². The molecule has 0 unspecified atom stereocenters. The van der Waals surface area contributed by atoms with Crippen LogP contribution in [0.3, 0.4) is 0 Å². The SMILES string of the molecule is O=C([C@@H]1C[C@@H](O)C2(CCC2)CN1)N1CCC(c2cn(C3CCC(F)(F)CC3)nn2)(C(F)(F)F)CC1. The Balaban J connectivity index is 1.26. The third kappa shape index (κ3) is 4.34. The largest absolute Gasteiger partial charge is 0.400 e. The van der Waals surface area contributed by atoms with Gasteiger partial charge in [0.05, 0.1) is 23.9 Å². The molecule has 1 aromatic heterocycles. The van der Waals surface area contributed by atoms with Crippen molar-refractivity contribution in [3.05, 3.63) is 11.9 Å². The van der Waals surface area contributed by atoms with Gasteiger partial charge in [0.15, 0.2) is 0 Å². The Kier molecular flexibility index (Phi) is 6.13. The highest BCUT2D eigenvalue weighted by molar-refractivity contribution is 5.82. The Morgan fingerprint density at radius 2 is 1.74 bits per heavy atom. The van der Waals surface area contributed by atoms with Gasteiger partial charge in [-0.2, -0.15) is 13.2 Å². The second-order valence-corrected chi connectivity index (χ2v) is 11.0. The molecule has 7 nitrogen and oxygen atoms in total. The predicted octanol–water partition coefficient (Wildman–Crippen LogP) is 3.34. The number of nitrogens with one attached hydrogen (secondary N) is 1. The monoisotopic (exact) mass is 505 g/mol. The number of alkyl halides is 5. The van der Waals surface area contributed by atoms with Crippen LogP contribution in [-0.2, 0) is 10.2 Å². The van der Waals surface area contributed by atoms with E-state index in [9.17, 15) is 31.9 Å². The second kappa shape index (κ2) is 8.64. The van der Waals surface area contributed by atoms with Crippen molar-refractivity contribution in [3.63, 3.8) is 0 Å². The smallest absolute Gasteiger partial charge is 0.392 e. The number of aliphatic hydroxyl groups excluding tert-OH is 1. The van der Waals surface area contributed by atoms with Crippen LogP contribution in [-0.4, -0.2) is 74.8 Å². The average molecular weight is 506 g/mol. The Morgan fingerprint density at radius 1 is 1.09 bits per heavy atom. The Hall–Kier alpha value is -1.82. The van der Waals surface area contributed by atoms with Crippen LogP contribution in [0.15, 0.2) is 6.20 Å². The van der Waals surface area contributed by atoms with Crippen molar-refractivity contribution < 1.29 is 31.9 Å². The van der Waals surface area contributed by atoms with Crippen molar-refractivity contribution in [1.82, 2.24) is 25.2 Å². The van der Waals surface area contributed by atoms with Crippen LogP contribution in [0.4, 0.5) is 22.0 Å². The fourth-order valence-corrected chi connectivity index (χ4v) is 6.31. The lowest BCUT2D eigenvalue weighted by molar-refractivity contribution is -0.205. The number of halogens is 5. The minimum Gasteiger partial charge on any atom is -0.392 e. The molecular formula is C23H32F5N5O2. The molecule has 2 saturated heterocycles. The van der Waals surface area contributed by atoms with Gasteiger partial charge in [-0.3, -0.25) is 4.79 Å². The molecule has 0 aromatic carbocycles. The number of carbonyl (C=O) groups is 1. The van der Waals surface area contributed by atoms with Crippen LogP contribution in [0.5, 0.6) is 0 Å². The van der Waals surface area contributed by atoms with Crippen LogP contribution < -0.4 is 5.32 Å². The van der Waals surface area contributed by atoms with Crippen molar-refractivity contribution in [2.75, 3.05) is 19.6 Å². The van der Waals surface area contributed by atoms with Crippen molar-refractivity contribution in [2.45, 2.75) is 99.9 Å². The fraction of sp³-hybridized carbons (Fsp3) is 0.870. The van der Waals surface area contributed by atoms with Gasteiger partial charge >= 0.3 is 6.18 Å². The van der Waals surface area contributed by atoms with E-state index < -0.39 is 35.7 Å². The molecule has 2 atom stereocenters. The molecule has 0 bridgehead atoms. The lowest BCUT2D eigenvalue weighted by Gasteiger charge is -2.51. The molecule has 2 saturated carbocycles. The fourth-order valence-electron chi connectivity index (χ4n) is 6.31. The number of amides is 1. The van der Waals surface area contributed by atoms with Gasteiger partial charge in [-0.25, -0.2) is 13.5 Å². The predicted molar refractivity (Wildman–Crippen MR) is 115 cm³/mol. The molecule has 35 heavy (non-hydrogen) atoms. The van der Waals surface area contributed by atoms with E-state index in [2.05, 4.69) is 15.6 Å². The van der Waals surface area contributed by atoms with E-state index in [1.807, 2.05) is 0 Å². The molecule has 4 fully saturated rings. The molecule has 3 heterocycles. The Morgan fingerprint density at radius 3 is 2.29 bits per heavy atom. The number of likely N-dealkylation sites (tertiary alicyclic amines) is 1. The molecular weight excluding hydrogens is 473 g/mol. The number of rotatable bonds is 3. The van der Waals surface area contributed by atoms with Crippen molar-refractivity contribution in [3.8, 4) is 0 Å². The molecule has 1 amide bonds. The third-order valence-electron chi connectivity index (χ3n) is 9.05. The summed E-state index contributed by atoms with van der Waals surface area (Å²) >= 11 is 0. The zero-order chi connectivity index (χ0) is 25.1. The van der Waals surface area contributed by atoms with Crippen LogP contribution in [0, 0.1) is 5.41 Å². The van der Waals surface area contributed by atoms with E-state index >= 15 is 0 Å². The minimum atomic E-state index is -4.60. The summed E-state index contributed by atoms with van der Waals surface area (Å²) in [6, 6.07) is -0.995. The maximum Gasteiger partial charge on any atom is 0.400 e. The van der Waals surface area contributed by atoms with Gasteiger partial charge in [0.2, 0.25) is 11.8 Å². The van der Waals surface area contributed by atoms with Gasteiger partial charge < -0.3 is 15.3 Å². The first-order valence-electron chi connectivity index (χ1n) is 12.5. The number of carbonyl (C=O) groups excluding carboxylic acids is 1. The van der Waals surface area contributed by atoms with E-state index in [0.29, 0.717) is 6.54 Å². The maximum atomic E-state index is 14.4. The number of aromatic nitrogens is 3. The van der Waals surface area contributed by atoms with E-state index in [1.165, 1.54) is 15.8 Å². The number of aliphatic hydroxyl groups is 1. The quantitative estimate of drug-likeness (QED) is 0.616. The molecule has 2 N–H and O–H groups in total. The minimum absolute atomic E-state index is 0.0831. The summed E-state index contributed by atoms with van der Waals surface area (Å²) in [6.45, 7) is 0.377. The summed E-state index contributed by atoms with van der Waals surface area (Å²) in [6.07, 6.45) is -1.81. The van der Waals surface area contributed by atoms with Gasteiger partial charge in [-0.1, -0.05) is 11.6 Å². The van der Waals surface area contributed by atoms with Crippen molar-refractivity contribution in [1.29, 1.82) is 0 Å². The zero-order valence-electron chi connectivity index (χ0n) is 19.5. The first-order valence-corrected chi connectivity index (χ1v) is 12.5. The standard InChI is InChI=1S/C23H32F5N5O2/c24-22(25)6-2-15(3-7-22)33-13-17(30-31-33)21(23(26,27)28)8-10-32(11-9-21)19(35)16-12-18(34)20(14-29-16)4-1-5-20/h13,15-16,18,29,34H,1-12,14H2/t16-,18+/m0/s1. The number of nitrogens with zero attached hydrogens (tertiary/aromatic N) is 4. The molecule has 1 aromatic rings. The van der Waals surface area contributed by atoms with Crippen LogP contribution in [0.2, 0.25) is 0 Å². The van der Waals surface area contributed by atoms with Crippen molar-refractivity contribution >= 4 is 5.91 Å². The first-order chi connectivity index (χ1) is 16.4. The highest BCUT2D eigenvalue weighted by Gasteiger charge is 2.59. The highest BCUT2D eigenvalue weighted by Crippen LogP contribution is 2.49. The van der Waals surface area contributed by atoms with Gasteiger partial charge in [0.25, 0.3) is 0 Å². The topological polar surface area (TPSA) is 83.3 Å². The number of hydrogen-bond donors (Lipinski definition) is 2. The highest BCUT2D eigenvalue weighted by atomic mass is 19.4. The normalized spacial score (nSPS) is 30.7. The summed E-state index contributed by atoms with van der Waals surface area (Å²) in [5.74, 6) is -3.02. The van der Waals surface area contributed by atoms with Crippen molar-refractivity contribution in [2.24, 2.45) is 5.41 Å². The Labute approximate surface area is 200 Å². The van der Waals surface area contributed by atoms with E-state index in [1.54, 1.807) is 0 Å². The Bertz CT molecular complexity index is 929. The van der Waals surface area contributed by atoms with Crippen LogP contribution in [0.25, 0.3) is 0 Å². The molecule has 2 aliphatic carbocycles. The molecule has 12 heteroatoms. The molecule has 2 aliphatic heterocycles. The summed E-state index contributed by atoms with van der Waals surface area (Å²) in [4.78, 5) is 14.5. The van der Waals surface area contributed by atoms with Gasteiger partial charge in [-0.15, -0.1) is 5.10 Å². The lowest BCUT2D eigenvalue weighted by atomic mass is 9.62.